The summed E-state index contributed by atoms with van der Waals surface area (Å²) < 4.78 is 0. The highest BCUT2D eigenvalue weighted by molar-refractivity contribution is 6.28. The van der Waals surface area contributed by atoms with Gasteiger partial charge in [0.2, 0.25) is 5.28 Å². The number of benzene rings is 1. The van der Waals surface area contributed by atoms with Crippen molar-refractivity contribution < 1.29 is 0 Å². The summed E-state index contributed by atoms with van der Waals surface area (Å²) in [5, 5.41) is 3.78. The molecule has 0 saturated heterocycles. The molecule has 1 aromatic carbocycles. The van der Waals surface area contributed by atoms with Crippen LogP contribution in [0.2, 0.25) is 5.28 Å². The van der Waals surface area contributed by atoms with E-state index in [4.69, 9.17) is 11.6 Å². The van der Waals surface area contributed by atoms with Crippen molar-refractivity contribution >= 4 is 17.3 Å². The first-order valence-corrected chi connectivity index (χ1v) is 7.55. The molecule has 0 amide bonds. The molecule has 1 N–H and O–H groups in total. The second-order valence-corrected chi connectivity index (χ2v) is 6.86. The Hall–Kier alpha value is -1.61. The molecule has 0 aliphatic heterocycles. The Bertz CT molecular complexity index is 630. The van der Waals surface area contributed by atoms with Crippen molar-refractivity contribution in [3.05, 3.63) is 41.3 Å². The Balaban J connectivity index is 2.51. The molecule has 0 aliphatic carbocycles. The Kier molecular flexibility index (Phi) is 4.52. The molecule has 0 aliphatic rings. The predicted octanol–water partition coefficient (Wildman–Crippen LogP) is 4.91. The summed E-state index contributed by atoms with van der Waals surface area (Å²) in [6.07, 6.45) is 1.68. The Morgan fingerprint density at radius 1 is 1.14 bits per heavy atom. The van der Waals surface area contributed by atoms with Crippen LogP contribution in [0.3, 0.4) is 0 Å². The van der Waals surface area contributed by atoms with Gasteiger partial charge in [-0.05, 0) is 54.6 Å². The van der Waals surface area contributed by atoms with Gasteiger partial charge in [0.15, 0.2) is 0 Å². The van der Waals surface area contributed by atoms with E-state index in [0.29, 0.717) is 6.04 Å². The maximum Gasteiger partial charge on any atom is 0.222 e. The Morgan fingerprint density at radius 2 is 1.86 bits per heavy atom. The van der Waals surface area contributed by atoms with E-state index in [0.717, 1.165) is 11.3 Å². The van der Waals surface area contributed by atoms with E-state index in [1.54, 1.807) is 6.20 Å². The van der Waals surface area contributed by atoms with Crippen LogP contribution < -0.4 is 5.32 Å². The minimum Gasteiger partial charge on any atom is -0.383 e. The number of aromatic nitrogens is 2. The molecule has 2 aromatic rings. The third-order valence-electron chi connectivity index (χ3n) is 3.19. The largest absolute Gasteiger partial charge is 0.383 e. The van der Waals surface area contributed by atoms with Gasteiger partial charge in [0.25, 0.3) is 0 Å². The summed E-state index contributed by atoms with van der Waals surface area (Å²) in [5.74, 6) is 0. The van der Waals surface area contributed by atoms with Gasteiger partial charge in [-0.3, -0.25) is 0 Å². The highest BCUT2D eigenvalue weighted by Crippen LogP contribution is 2.33. The van der Waals surface area contributed by atoms with Crippen molar-refractivity contribution in [2.75, 3.05) is 5.32 Å². The predicted molar refractivity (Wildman–Crippen MR) is 89.9 cm³/mol. The van der Waals surface area contributed by atoms with Crippen LogP contribution in [0.4, 0.5) is 5.69 Å². The minimum atomic E-state index is 0.0457. The highest BCUT2D eigenvalue weighted by Gasteiger charge is 2.19. The van der Waals surface area contributed by atoms with Crippen LogP contribution in [-0.2, 0) is 5.41 Å². The van der Waals surface area contributed by atoms with E-state index in [1.807, 2.05) is 6.07 Å². The van der Waals surface area contributed by atoms with Crippen molar-refractivity contribution in [3.8, 4) is 11.3 Å². The van der Waals surface area contributed by atoms with Gasteiger partial charge in [-0.15, -0.1) is 0 Å². The molecule has 0 spiro atoms. The highest BCUT2D eigenvalue weighted by atomic mass is 35.5. The average molecular weight is 304 g/mol. The molecular weight excluding hydrogens is 282 g/mol. The fraction of sp³-hybridized carbons (Fsp3) is 0.412. The average Bonchev–Trinajstić information content (AvgIpc) is 2.37. The van der Waals surface area contributed by atoms with Crippen molar-refractivity contribution in [2.45, 2.75) is 46.1 Å². The van der Waals surface area contributed by atoms with Crippen LogP contribution in [0.25, 0.3) is 11.3 Å². The SMILES string of the molecule is CC(C)Nc1ccc(-c2ccnc(Cl)n2)cc1C(C)(C)C. The molecule has 0 atom stereocenters. The van der Waals surface area contributed by atoms with E-state index >= 15 is 0 Å². The summed E-state index contributed by atoms with van der Waals surface area (Å²) >= 11 is 5.89. The molecule has 0 bridgehead atoms. The first kappa shape index (κ1) is 15.8. The molecule has 4 heteroatoms. The zero-order chi connectivity index (χ0) is 15.6. The van der Waals surface area contributed by atoms with Crippen LogP contribution in [0.5, 0.6) is 0 Å². The van der Waals surface area contributed by atoms with E-state index < -0.39 is 0 Å². The summed E-state index contributed by atoms with van der Waals surface area (Å²) in [6.45, 7) is 10.9. The number of hydrogen-bond acceptors (Lipinski definition) is 3. The molecule has 112 valence electrons. The number of rotatable bonds is 3. The third-order valence-corrected chi connectivity index (χ3v) is 3.38. The molecule has 21 heavy (non-hydrogen) atoms. The van der Waals surface area contributed by atoms with E-state index in [2.05, 4.69) is 68.1 Å². The van der Waals surface area contributed by atoms with Crippen LogP contribution in [-0.4, -0.2) is 16.0 Å². The van der Waals surface area contributed by atoms with Gasteiger partial charge in [0.1, 0.15) is 0 Å². The van der Waals surface area contributed by atoms with Crippen molar-refractivity contribution in [3.63, 3.8) is 0 Å². The monoisotopic (exact) mass is 303 g/mol. The van der Waals surface area contributed by atoms with Gasteiger partial charge in [-0.2, -0.15) is 0 Å². The van der Waals surface area contributed by atoms with E-state index in [1.165, 1.54) is 11.3 Å². The number of anilines is 1. The molecule has 2 rings (SSSR count). The van der Waals surface area contributed by atoms with Crippen molar-refractivity contribution in [1.29, 1.82) is 0 Å². The molecule has 0 unspecified atom stereocenters. The summed E-state index contributed by atoms with van der Waals surface area (Å²) in [4.78, 5) is 8.23. The van der Waals surface area contributed by atoms with E-state index in [-0.39, 0.29) is 10.7 Å². The topological polar surface area (TPSA) is 37.8 Å². The van der Waals surface area contributed by atoms with Gasteiger partial charge >= 0.3 is 0 Å². The normalized spacial score (nSPS) is 11.8. The third kappa shape index (κ3) is 3.94. The van der Waals surface area contributed by atoms with Crippen molar-refractivity contribution in [1.82, 2.24) is 9.97 Å². The maximum absolute atomic E-state index is 5.89. The lowest BCUT2D eigenvalue weighted by molar-refractivity contribution is 0.591. The van der Waals surface area contributed by atoms with Gasteiger partial charge in [0, 0.05) is 23.5 Å². The fourth-order valence-electron chi connectivity index (χ4n) is 2.26. The van der Waals surface area contributed by atoms with Crippen LogP contribution in [0.15, 0.2) is 30.5 Å². The Labute approximate surface area is 131 Å². The second-order valence-electron chi connectivity index (χ2n) is 6.52. The smallest absolute Gasteiger partial charge is 0.222 e. The van der Waals surface area contributed by atoms with Crippen LogP contribution >= 0.6 is 11.6 Å². The van der Waals surface area contributed by atoms with Crippen LogP contribution in [0, 0.1) is 0 Å². The lowest BCUT2D eigenvalue weighted by Crippen LogP contribution is -2.18. The second kappa shape index (κ2) is 6.02. The molecule has 0 saturated carbocycles. The first-order valence-electron chi connectivity index (χ1n) is 7.17. The molecule has 3 nitrogen and oxygen atoms in total. The molecule has 0 fully saturated rings. The standard InChI is InChI=1S/C17H22ClN3/c1-11(2)20-15-7-6-12(10-13(15)17(3,4)5)14-8-9-19-16(18)21-14/h6-11,20H,1-5H3. The first-order chi connectivity index (χ1) is 9.77. The van der Waals surface area contributed by atoms with Gasteiger partial charge in [-0.25, -0.2) is 9.97 Å². The quantitative estimate of drug-likeness (QED) is 0.818. The molecule has 0 radical (unpaired) electrons. The van der Waals surface area contributed by atoms with Gasteiger partial charge < -0.3 is 5.32 Å². The number of nitrogens with zero attached hydrogens (tertiary/aromatic N) is 2. The fourth-order valence-corrected chi connectivity index (χ4v) is 2.40. The zero-order valence-electron chi connectivity index (χ0n) is 13.2. The molecule has 1 heterocycles. The van der Waals surface area contributed by atoms with Crippen molar-refractivity contribution in [2.24, 2.45) is 0 Å². The summed E-state index contributed by atoms with van der Waals surface area (Å²) in [5.41, 5.74) is 4.38. The van der Waals surface area contributed by atoms with Crippen LogP contribution in [0.1, 0.15) is 40.2 Å². The molecular formula is C17H22ClN3. The minimum absolute atomic E-state index is 0.0457. The Morgan fingerprint density at radius 3 is 2.43 bits per heavy atom. The zero-order valence-corrected chi connectivity index (χ0v) is 14.0. The number of halogens is 1. The maximum atomic E-state index is 5.89. The number of nitrogens with one attached hydrogen (secondary N) is 1. The van der Waals surface area contributed by atoms with Gasteiger partial charge in [-0.1, -0.05) is 26.8 Å². The molecule has 1 aromatic heterocycles. The van der Waals surface area contributed by atoms with E-state index in [9.17, 15) is 0 Å². The number of hydrogen-bond donors (Lipinski definition) is 1. The summed E-state index contributed by atoms with van der Waals surface area (Å²) in [6, 6.07) is 8.64. The lowest BCUT2D eigenvalue weighted by atomic mass is 9.84. The summed E-state index contributed by atoms with van der Waals surface area (Å²) in [7, 11) is 0. The van der Waals surface area contributed by atoms with Gasteiger partial charge in [0.05, 0.1) is 5.69 Å². The lowest BCUT2D eigenvalue weighted by Gasteiger charge is -2.25.